The monoisotopic (exact) mass is 253 g/mol. The molecule has 1 amide bonds. The van der Waals surface area contributed by atoms with E-state index in [-0.39, 0.29) is 24.5 Å². The molecule has 1 aliphatic carbocycles. The molecule has 100 valence electrons. The van der Waals surface area contributed by atoms with E-state index in [1.165, 1.54) is 17.4 Å². The lowest BCUT2D eigenvalue weighted by Crippen LogP contribution is -2.42. The van der Waals surface area contributed by atoms with Crippen LogP contribution in [0.1, 0.15) is 32.1 Å². The lowest BCUT2D eigenvalue weighted by molar-refractivity contribution is -0.122. The van der Waals surface area contributed by atoms with E-state index < -0.39 is 0 Å². The summed E-state index contributed by atoms with van der Waals surface area (Å²) < 4.78 is 1.38. The molecule has 0 spiro atoms. The highest BCUT2D eigenvalue weighted by atomic mass is 16.3. The fraction of sp³-hybridized carbons (Fsp3) is 0.818. The molecule has 1 fully saturated rings. The molecule has 0 atom stereocenters. The van der Waals surface area contributed by atoms with Gasteiger partial charge < -0.3 is 10.4 Å². The van der Waals surface area contributed by atoms with Gasteiger partial charge in [0.15, 0.2) is 0 Å². The summed E-state index contributed by atoms with van der Waals surface area (Å²) in [6.45, 7) is 0.789. The summed E-state index contributed by atoms with van der Waals surface area (Å²) in [4.78, 5) is 11.7. The van der Waals surface area contributed by atoms with E-state index in [9.17, 15) is 9.90 Å². The average molecular weight is 253 g/mol. The van der Waals surface area contributed by atoms with Crippen molar-refractivity contribution in [2.24, 2.45) is 5.41 Å². The van der Waals surface area contributed by atoms with Gasteiger partial charge in [0.1, 0.15) is 12.9 Å². The minimum Gasteiger partial charge on any atom is -0.396 e. The Bertz CT molecular complexity index is 373. The van der Waals surface area contributed by atoms with Crippen LogP contribution in [0, 0.1) is 5.41 Å². The highest BCUT2D eigenvalue weighted by molar-refractivity contribution is 5.75. The first-order valence-electron chi connectivity index (χ1n) is 6.32. The second kappa shape index (κ2) is 5.90. The summed E-state index contributed by atoms with van der Waals surface area (Å²) in [5.41, 5.74) is -0.130. The van der Waals surface area contributed by atoms with Crippen LogP contribution in [0.5, 0.6) is 0 Å². The van der Waals surface area contributed by atoms with E-state index in [4.69, 9.17) is 0 Å². The number of nitrogens with one attached hydrogen (secondary N) is 1. The van der Waals surface area contributed by atoms with Crippen molar-refractivity contribution in [3.63, 3.8) is 0 Å². The number of tetrazole rings is 1. The first kappa shape index (κ1) is 12.9. The van der Waals surface area contributed by atoms with Crippen molar-refractivity contribution in [3.05, 3.63) is 6.33 Å². The topological polar surface area (TPSA) is 92.9 Å². The van der Waals surface area contributed by atoms with Crippen molar-refractivity contribution in [1.29, 1.82) is 0 Å². The SMILES string of the molecule is O=C(Cn1cnnn1)NCC1(CO)CCCCC1. The Labute approximate surface area is 106 Å². The van der Waals surface area contributed by atoms with Gasteiger partial charge in [0, 0.05) is 12.0 Å². The lowest BCUT2D eigenvalue weighted by atomic mass is 9.74. The molecule has 7 nitrogen and oxygen atoms in total. The van der Waals surface area contributed by atoms with Gasteiger partial charge >= 0.3 is 0 Å². The summed E-state index contributed by atoms with van der Waals surface area (Å²) >= 11 is 0. The lowest BCUT2D eigenvalue weighted by Gasteiger charge is -2.35. The first-order chi connectivity index (χ1) is 8.74. The van der Waals surface area contributed by atoms with Gasteiger partial charge in [0.2, 0.25) is 5.91 Å². The number of aromatic nitrogens is 4. The van der Waals surface area contributed by atoms with Crippen LogP contribution < -0.4 is 5.32 Å². The standard InChI is InChI=1S/C11H19N5O2/c17-8-11(4-2-1-3-5-11)7-12-10(18)6-16-9-13-14-15-16/h9,17H,1-8H2,(H,12,18). The van der Waals surface area contributed by atoms with Gasteiger partial charge in [0.25, 0.3) is 0 Å². The predicted molar refractivity (Wildman–Crippen MR) is 63.4 cm³/mol. The van der Waals surface area contributed by atoms with Crippen LogP contribution in [-0.2, 0) is 11.3 Å². The molecule has 1 saturated carbocycles. The van der Waals surface area contributed by atoms with Crippen molar-refractivity contribution in [1.82, 2.24) is 25.5 Å². The highest BCUT2D eigenvalue weighted by Gasteiger charge is 2.31. The van der Waals surface area contributed by atoms with Crippen LogP contribution in [-0.4, -0.2) is 44.4 Å². The molecule has 0 radical (unpaired) electrons. The van der Waals surface area contributed by atoms with Gasteiger partial charge in [-0.2, -0.15) is 0 Å². The smallest absolute Gasteiger partial charge is 0.241 e. The van der Waals surface area contributed by atoms with E-state index in [0.717, 1.165) is 25.7 Å². The molecule has 7 heteroatoms. The highest BCUT2D eigenvalue weighted by Crippen LogP contribution is 2.35. The molecule has 18 heavy (non-hydrogen) atoms. The zero-order valence-corrected chi connectivity index (χ0v) is 10.4. The molecule has 1 aromatic heterocycles. The Balaban J connectivity index is 1.80. The van der Waals surface area contributed by atoms with Crippen molar-refractivity contribution >= 4 is 5.91 Å². The van der Waals surface area contributed by atoms with Crippen LogP contribution in [0.3, 0.4) is 0 Å². The number of aliphatic hydroxyl groups excluding tert-OH is 1. The maximum atomic E-state index is 11.7. The predicted octanol–water partition coefficient (Wildman–Crippen LogP) is -0.268. The molecule has 0 unspecified atom stereocenters. The fourth-order valence-electron chi connectivity index (χ4n) is 2.43. The minimum absolute atomic E-state index is 0.120. The third-order valence-electron chi connectivity index (χ3n) is 3.61. The zero-order chi connectivity index (χ0) is 12.8. The Morgan fingerprint density at radius 2 is 2.17 bits per heavy atom. The van der Waals surface area contributed by atoms with E-state index in [1.807, 2.05) is 0 Å². The maximum Gasteiger partial charge on any atom is 0.241 e. The summed E-state index contributed by atoms with van der Waals surface area (Å²) in [5.74, 6) is -0.124. The minimum atomic E-state index is -0.130. The van der Waals surface area contributed by atoms with E-state index in [2.05, 4.69) is 20.8 Å². The number of rotatable bonds is 5. The van der Waals surface area contributed by atoms with Crippen LogP contribution in [0.4, 0.5) is 0 Å². The normalized spacial score (nSPS) is 18.5. The van der Waals surface area contributed by atoms with Crippen LogP contribution in [0.2, 0.25) is 0 Å². The molecule has 0 aliphatic heterocycles. The van der Waals surface area contributed by atoms with Gasteiger partial charge in [-0.25, -0.2) is 4.68 Å². The summed E-state index contributed by atoms with van der Waals surface area (Å²) in [5, 5.41) is 23.0. The average Bonchev–Trinajstić information content (AvgIpc) is 2.90. The van der Waals surface area contributed by atoms with E-state index in [1.54, 1.807) is 0 Å². The molecule has 1 aliphatic rings. The molecule has 2 N–H and O–H groups in total. The molecule has 1 aromatic rings. The Kier molecular flexibility index (Phi) is 4.24. The Hall–Kier alpha value is -1.50. The fourth-order valence-corrected chi connectivity index (χ4v) is 2.43. The van der Waals surface area contributed by atoms with Crippen molar-refractivity contribution in [2.45, 2.75) is 38.6 Å². The third kappa shape index (κ3) is 3.25. The number of carbonyl (C=O) groups excluding carboxylic acids is 1. The van der Waals surface area contributed by atoms with Crippen LogP contribution in [0.15, 0.2) is 6.33 Å². The van der Waals surface area contributed by atoms with Crippen LogP contribution in [0.25, 0.3) is 0 Å². The second-order valence-electron chi connectivity index (χ2n) is 5.00. The van der Waals surface area contributed by atoms with Crippen molar-refractivity contribution < 1.29 is 9.90 Å². The largest absolute Gasteiger partial charge is 0.396 e. The number of nitrogens with zero attached hydrogens (tertiary/aromatic N) is 4. The van der Waals surface area contributed by atoms with Gasteiger partial charge in [-0.05, 0) is 23.3 Å². The Morgan fingerprint density at radius 1 is 1.39 bits per heavy atom. The van der Waals surface area contributed by atoms with E-state index >= 15 is 0 Å². The zero-order valence-electron chi connectivity index (χ0n) is 10.4. The first-order valence-corrected chi connectivity index (χ1v) is 6.32. The maximum absolute atomic E-state index is 11.7. The van der Waals surface area contributed by atoms with Crippen LogP contribution >= 0.6 is 0 Å². The number of amides is 1. The summed E-state index contributed by atoms with van der Waals surface area (Å²) in [6, 6.07) is 0. The second-order valence-corrected chi connectivity index (χ2v) is 5.00. The Morgan fingerprint density at radius 3 is 2.78 bits per heavy atom. The molecular formula is C11H19N5O2. The number of aliphatic hydroxyl groups is 1. The van der Waals surface area contributed by atoms with Crippen molar-refractivity contribution in [2.75, 3.05) is 13.2 Å². The third-order valence-corrected chi connectivity index (χ3v) is 3.61. The molecule has 0 aromatic carbocycles. The molecule has 0 saturated heterocycles. The number of hydrogen-bond donors (Lipinski definition) is 2. The number of carbonyl (C=O) groups is 1. The molecule has 2 rings (SSSR count). The summed E-state index contributed by atoms with van der Waals surface area (Å²) in [7, 11) is 0. The number of hydrogen-bond acceptors (Lipinski definition) is 5. The van der Waals surface area contributed by atoms with Gasteiger partial charge in [-0.15, -0.1) is 5.10 Å². The van der Waals surface area contributed by atoms with Gasteiger partial charge in [-0.1, -0.05) is 19.3 Å². The molecule has 0 bridgehead atoms. The molecule has 1 heterocycles. The quantitative estimate of drug-likeness (QED) is 0.753. The summed E-state index contributed by atoms with van der Waals surface area (Å²) in [6.07, 6.45) is 6.85. The van der Waals surface area contributed by atoms with Crippen molar-refractivity contribution in [3.8, 4) is 0 Å². The van der Waals surface area contributed by atoms with Gasteiger partial charge in [0.05, 0.1) is 6.61 Å². The van der Waals surface area contributed by atoms with Gasteiger partial charge in [-0.3, -0.25) is 4.79 Å². The molecular weight excluding hydrogens is 234 g/mol. The van der Waals surface area contributed by atoms with E-state index in [0.29, 0.717) is 6.54 Å².